The molecule has 0 heterocycles. The first-order valence-corrected chi connectivity index (χ1v) is 6.88. The molecule has 0 atom stereocenters. The Labute approximate surface area is 105 Å². The average molecular weight is 232 g/mol. The van der Waals surface area contributed by atoms with Gasteiger partial charge in [-0.15, -0.1) is 0 Å². The third kappa shape index (κ3) is 4.04. The highest BCUT2D eigenvalue weighted by molar-refractivity contribution is 5.40. The van der Waals surface area contributed by atoms with E-state index in [2.05, 4.69) is 30.0 Å². The van der Waals surface area contributed by atoms with E-state index in [0.29, 0.717) is 0 Å². The summed E-state index contributed by atoms with van der Waals surface area (Å²) >= 11 is 0. The zero-order valence-electron chi connectivity index (χ0n) is 10.9. The molecule has 2 nitrogen and oxygen atoms in total. The quantitative estimate of drug-likeness (QED) is 0.732. The summed E-state index contributed by atoms with van der Waals surface area (Å²) in [5, 5.41) is 0. The lowest BCUT2D eigenvalue weighted by Gasteiger charge is -2.20. The van der Waals surface area contributed by atoms with Crippen molar-refractivity contribution < 1.29 is 0 Å². The Morgan fingerprint density at radius 2 is 2.12 bits per heavy atom. The first-order valence-electron chi connectivity index (χ1n) is 6.88. The highest BCUT2D eigenvalue weighted by Crippen LogP contribution is 2.27. The molecule has 2 rings (SSSR count). The molecule has 1 aliphatic carbocycles. The number of benzene rings is 1. The molecule has 0 radical (unpaired) electrons. The molecular weight excluding hydrogens is 208 g/mol. The lowest BCUT2D eigenvalue weighted by Crippen LogP contribution is -2.28. The monoisotopic (exact) mass is 232 g/mol. The van der Waals surface area contributed by atoms with Gasteiger partial charge in [-0.3, -0.25) is 0 Å². The number of nitrogen functional groups attached to an aromatic ring is 1. The number of rotatable bonds is 7. The molecule has 1 aromatic carbocycles. The topological polar surface area (TPSA) is 29.3 Å². The summed E-state index contributed by atoms with van der Waals surface area (Å²) < 4.78 is 0. The van der Waals surface area contributed by atoms with E-state index in [0.717, 1.165) is 18.2 Å². The van der Waals surface area contributed by atoms with Crippen LogP contribution in [-0.2, 0) is 6.42 Å². The number of hydrogen-bond donors (Lipinski definition) is 1. The predicted molar refractivity (Wildman–Crippen MR) is 74.1 cm³/mol. The molecule has 1 saturated carbocycles. The van der Waals surface area contributed by atoms with Crippen molar-refractivity contribution in [1.29, 1.82) is 0 Å². The lowest BCUT2D eigenvalue weighted by atomic mass is 10.1. The smallest absolute Gasteiger partial charge is 0.0316 e. The normalized spacial score (nSPS) is 15.4. The largest absolute Gasteiger partial charge is 0.399 e. The van der Waals surface area contributed by atoms with Crippen LogP contribution in [0.1, 0.15) is 38.2 Å². The van der Waals surface area contributed by atoms with Gasteiger partial charge < -0.3 is 10.6 Å². The second-order valence-electron chi connectivity index (χ2n) is 5.12. The zero-order chi connectivity index (χ0) is 12.1. The van der Waals surface area contributed by atoms with E-state index in [9.17, 15) is 0 Å². The van der Waals surface area contributed by atoms with Crippen LogP contribution in [0.3, 0.4) is 0 Å². The maximum absolute atomic E-state index is 5.79. The Hall–Kier alpha value is -1.02. The molecule has 0 aliphatic heterocycles. The van der Waals surface area contributed by atoms with E-state index in [-0.39, 0.29) is 0 Å². The van der Waals surface area contributed by atoms with E-state index in [1.54, 1.807) is 0 Å². The first-order chi connectivity index (χ1) is 8.29. The molecular formula is C15H24N2. The van der Waals surface area contributed by atoms with Gasteiger partial charge in [0.25, 0.3) is 0 Å². The fraction of sp³-hybridized carbons (Fsp3) is 0.600. The third-order valence-corrected chi connectivity index (χ3v) is 3.44. The molecule has 0 unspecified atom stereocenters. The summed E-state index contributed by atoms with van der Waals surface area (Å²) in [4.78, 5) is 2.66. The lowest BCUT2D eigenvalue weighted by molar-refractivity contribution is 0.261. The highest BCUT2D eigenvalue weighted by atomic mass is 15.2. The standard InChI is InChI=1S/C15H24N2/c1-2-10-17(15-8-9-15)11-4-6-13-5-3-7-14(16)12-13/h3,5,7,12,15H,2,4,6,8-11,16H2,1H3. The van der Waals surface area contributed by atoms with Crippen LogP contribution in [0, 0.1) is 0 Å². The van der Waals surface area contributed by atoms with Crippen LogP contribution < -0.4 is 5.73 Å². The molecule has 0 bridgehead atoms. The average Bonchev–Trinajstić information content (AvgIpc) is 3.12. The minimum Gasteiger partial charge on any atom is -0.399 e. The van der Waals surface area contributed by atoms with Crippen LogP contribution in [0.4, 0.5) is 5.69 Å². The fourth-order valence-electron chi connectivity index (χ4n) is 2.44. The highest BCUT2D eigenvalue weighted by Gasteiger charge is 2.27. The van der Waals surface area contributed by atoms with Gasteiger partial charge in [0.15, 0.2) is 0 Å². The fourth-order valence-corrected chi connectivity index (χ4v) is 2.44. The number of nitrogens with zero attached hydrogens (tertiary/aromatic N) is 1. The summed E-state index contributed by atoms with van der Waals surface area (Å²) in [6.07, 6.45) is 6.50. The molecule has 0 spiro atoms. The maximum atomic E-state index is 5.79. The van der Waals surface area contributed by atoms with Gasteiger partial charge in [-0.05, 0) is 62.9 Å². The number of hydrogen-bond acceptors (Lipinski definition) is 2. The van der Waals surface area contributed by atoms with Gasteiger partial charge in [-0.1, -0.05) is 19.1 Å². The molecule has 2 heteroatoms. The van der Waals surface area contributed by atoms with Gasteiger partial charge in [0.1, 0.15) is 0 Å². The molecule has 94 valence electrons. The van der Waals surface area contributed by atoms with Crippen molar-refractivity contribution in [1.82, 2.24) is 4.90 Å². The van der Waals surface area contributed by atoms with Gasteiger partial charge in [0.05, 0.1) is 0 Å². The second-order valence-corrected chi connectivity index (χ2v) is 5.12. The molecule has 1 aliphatic rings. The summed E-state index contributed by atoms with van der Waals surface area (Å²) in [6.45, 7) is 4.78. The second kappa shape index (κ2) is 6.06. The molecule has 1 aromatic rings. The van der Waals surface area contributed by atoms with Crippen molar-refractivity contribution in [2.45, 2.75) is 45.1 Å². The Morgan fingerprint density at radius 1 is 1.29 bits per heavy atom. The van der Waals surface area contributed by atoms with E-state index >= 15 is 0 Å². The summed E-state index contributed by atoms with van der Waals surface area (Å²) in [7, 11) is 0. The van der Waals surface area contributed by atoms with E-state index in [1.165, 1.54) is 44.3 Å². The van der Waals surface area contributed by atoms with Crippen LogP contribution >= 0.6 is 0 Å². The van der Waals surface area contributed by atoms with Crippen LogP contribution in [0.5, 0.6) is 0 Å². The Kier molecular flexibility index (Phi) is 4.43. The Bertz CT molecular complexity index is 345. The van der Waals surface area contributed by atoms with Crippen LogP contribution in [-0.4, -0.2) is 24.0 Å². The number of nitrogens with two attached hydrogens (primary N) is 1. The SMILES string of the molecule is CCCN(CCCc1cccc(N)c1)C1CC1. The van der Waals surface area contributed by atoms with Gasteiger partial charge in [0, 0.05) is 11.7 Å². The van der Waals surface area contributed by atoms with Crippen molar-refractivity contribution in [3.63, 3.8) is 0 Å². The number of aryl methyl sites for hydroxylation is 1. The van der Waals surface area contributed by atoms with Crippen molar-refractivity contribution in [3.05, 3.63) is 29.8 Å². The molecule has 17 heavy (non-hydrogen) atoms. The van der Waals surface area contributed by atoms with E-state index in [1.807, 2.05) is 6.07 Å². The molecule has 1 fully saturated rings. The summed E-state index contributed by atoms with van der Waals surface area (Å²) in [5.41, 5.74) is 8.04. The van der Waals surface area contributed by atoms with Crippen LogP contribution in [0.25, 0.3) is 0 Å². The predicted octanol–water partition coefficient (Wildman–Crippen LogP) is 3.08. The zero-order valence-corrected chi connectivity index (χ0v) is 10.9. The minimum absolute atomic E-state index is 0.884. The molecule has 0 amide bonds. The minimum atomic E-state index is 0.884. The van der Waals surface area contributed by atoms with Gasteiger partial charge in [-0.2, -0.15) is 0 Å². The van der Waals surface area contributed by atoms with Gasteiger partial charge in [0.2, 0.25) is 0 Å². The number of anilines is 1. The maximum Gasteiger partial charge on any atom is 0.0316 e. The van der Waals surface area contributed by atoms with Crippen molar-refractivity contribution >= 4 is 5.69 Å². The Morgan fingerprint density at radius 3 is 2.76 bits per heavy atom. The van der Waals surface area contributed by atoms with E-state index in [4.69, 9.17) is 5.73 Å². The summed E-state index contributed by atoms with van der Waals surface area (Å²) in [5.74, 6) is 0. The first kappa shape index (κ1) is 12.4. The van der Waals surface area contributed by atoms with Crippen molar-refractivity contribution in [3.8, 4) is 0 Å². The molecule has 2 N–H and O–H groups in total. The van der Waals surface area contributed by atoms with E-state index < -0.39 is 0 Å². The molecule has 0 saturated heterocycles. The van der Waals surface area contributed by atoms with Crippen molar-refractivity contribution in [2.24, 2.45) is 0 Å². The van der Waals surface area contributed by atoms with Crippen molar-refractivity contribution in [2.75, 3.05) is 18.8 Å². The Balaban J connectivity index is 1.74. The third-order valence-electron chi connectivity index (χ3n) is 3.44. The van der Waals surface area contributed by atoms with Crippen LogP contribution in [0.15, 0.2) is 24.3 Å². The van der Waals surface area contributed by atoms with Crippen LogP contribution in [0.2, 0.25) is 0 Å². The van der Waals surface area contributed by atoms with Gasteiger partial charge >= 0.3 is 0 Å². The summed E-state index contributed by atoms with van der Waals surface area (Å²) in [6, 6.07) is 9.18. The molecule has 0 aromatic heterocycles. The van der Waals surface area contributed by atoms with Gasteiger partial charge in [-0.25, -0.2) is 0 Å².